The fraction of sp³-hybridized carbons (Fsp3) is 0.208. The van der Waals surface area contributed by atoms with E-state index in [-0.39, 0.29) is 5.56 Å². The highest BCUT2D eigenvalue weighted by atomic mass is 35.5. The third-order valence-corrected chi connectivity index (χ3v) is 6.46. The number of rotatable bonds is 5. The minimum atomic E-state index is -0.670. The van der Waals surface area contributed by atoms with Crippen molar-refractivity contribution in [3.05, 3.63) is 95.6 Å². The van der Waals surface area contributed by atoms with Crippen LogP contribution in [0.3, 0.4) is 0 Å². The van der Waals surface area contributed by atoms with Gasteiger partial charge in [-0.1, -0.05) is 54.1 Å². The molecule has 8 heteroatoms. The Morgan fingerprint density at radius 1 is 1.22 bits per heavy atom. The van der Waals surface area contributed by atoms with Crippen LogP contribution in [0, 0.1) is 0 Å². The van der Waals surface area contributed by atoms with Gasteiger partial charge in [0.05, 0.1) is 36.1 Å². The van der Waals surface area contributed by atoms with Gasteiger partial charge in [-0.3, -0.25) is 9.36 Å². The van der Waals surface area contributed by atoms with Gasteiger partial charge in [0, 0.05) is 5.02 Å². The molecule has 1 aliphatic heterocycles. The van der Waals surface area contributed by atoms with Crippen LogP contribution in [-0.2, 0) is 9.53 Å². The Labute approximate surface area is 193 Å². The maximum atomic E-state index is 13.5. The van der Waals surface area contributed by atoms with Gasteiger partial charge in [-0.05, 0) is 47.9 Å². The number of carbonyl (C=O) groups excluding carboxylic acids is 1. The molecular formula is C24H21ClN2O4S. The molecule has 0 radical (unpaired) electrons. The Kier molecular flexibility index (Phi) is 6.30. The van der Waals surface area contributed by atoms with Crippen molar-refractivity contribution in [2.24, 2.45) is 4.99 Å². The van der Waals surface area contributed by atoms with Crippen molar-refractivity contribution in [1.82, 2.24) is 4.57 Å². The van der Waals surface area contributed by atoms with Gasteiger partial charge in [0.15, 0.2) is 4.80 Å². The lowest BCUT2D eigenvalue weighted by molar-refractivity contribution is -0.136. The fourth-order valence-electron chi connectivity index (χ4n) is 3.70. The Morgan fingerprint density at radius 2 is 1.97 bits per heavy atom. The van der Waals surface area contributed by atoms with Crippen molar-refractivity contribution in [2.45, 2.75) is 19.4 Å². The first-order valence-corrected chi connectivity index (χ1v) is 11.2. The average molecular weight is 469 g/mol. The summed E-state index contributed by atoms with van der Waals surface area (Å²) in [5.41, 5.74) is 2.32. The van der Waals surface area contributed by atoms with Crippen LogP contribution >= 0.6 is 22.9 Å². The zero-order chi connectivity index (χ0) is 22.8. The summed E-state index contributed by atoms with van der Waals surface area (Å²) < 4.78 is 12.5. The minimum Gasteiger partial charge on any atom is -0.497 e. The molecule has 0 aliphatic carbocycles. The molecule has 0 fully saturated rings. The molecule has 6 nitrogen and oxygen atoms in total. The first-order chi connectivity index (χ1) is 15.5. The van der Waals surface area contributed by atoms with Gasteiger partial charge < -0.3 is 9.47 Å². The maximum Gasteiger partial charge on any atom is 0.338 e. The van der Waals surface area contributed by atoms with Crippen molar-refractivity contribution in [2.75, 3.05) is 14.2 Å². The first kappa shape index (κ1) is 22.0. The number of aromatic nitrogens is 1. The lowest BCUT2D eigenvalue weighted by atomic mass is 9.94. The van der Waals surface area contributed by atoms with Crippen molar-refractivity contribution in [3.8, 4) is 5.75 Å². The summed E-state index contributed by atoms with van der Waals surface area (Å²) in [6.45, 7) is 1.92. The van der Waals surface area contributed by atoms with E-state index in [0.717, 1.165) is 11.1 Å². The number of nitrogens with zero attached hydrogens (tertiary/aromatic N) is 2. The van der Waals surface area contributed by atoms with Crippen LogP contribution in [0.4, 0.5) is 0 Å². The van der Waals surface area contributed by atoms with E-state index in [4.69, 9.17) is 21.1 Å². The molecule has 1 aromatic heterocycles. The standard InChI is InChI=1S/C24H21ClN2O4S/c1-4-18-20(23(29)31-3)21(15-6-5-7-17(13-15)30-2)27-22(28)19(32-24(27)26-18)12-14-8-10-16(25)11-9-14/h5-13,21H,4H2,1-3H3/b19-12-/t21-/m0/s1. The second kappa shape index (κ2) is 9.14. The quantitative estimate of drug-likeness (QED) is 0.538. The lowest BCUT2D eigenvalue weighted by Crippen LogP contribution is -2.40. The van der Waals surface area contributed by atoms with Gasteiger partial charge in [0.25, 0.3) is 5.56 Å². The van der Waals surface area contributed by atoms with Crippen LogP contribution in [0.15, 0.2) is 69.6 Å². The summed E-state index contributed by atoms with van der Waals surface area (Å²) in [6, 6.07) is 13.9. The fourth-order valence-corrected chi connectivity index (χ4v) is 4.85. The number of carbonyl (C=O) groups is 1. The van der Waals surface area contributed by atoms with Crippen LogP contribution < -0.4 is 19.6 Å². The zero-order valence-electron chi connectivity index (χ0n) is 17.8. The van der Waals surface area contributed by atoms with E-state index < -0.39 is 12.0 Å². The van der Waals surface area contributed by atoms with Crippen molar-refractivity contribution in [1.29, 1.82) is 0 Å². The monoisotopic (exact) mass is 468 g/mol. The van der Waals surface area contributed by atoms with E-state index >= 15 is 0 Å². The predicted octanol–water partition coefficient (Wildman–Crippen LogP) is 3.46. The molecular weight excluding hydrogens is 448 g/mol. The molecule has 0 amide bonds. The van der Waals surface area contributed by atoms with Crippen LogP contribution in [0.25, 0.3) is 6.08 Å². The number of halogens is 1. The largest absolute Gasteiger partial charge is 0.497 e. The highest BCUT2D eigenvalue weighted by molar-refractivity contribution is 7.07. The van der Waals surface area contributed by atoms with Gasteiger partial charge in [0.2, 0.25) is 0 Å². The highest BCUT2D eigenvalue weighted by Crippen LogP contribution is 2.33. The zero-order valence-corrected chi connectivity index (χ0v) is 19.4. The van der Waals surface area contributed by atoms with E-state index in [0.29, 0.717) is 37.8 Å². The molecule has 2 aromatic carbocycles. The summed E-state index contributed by atoms with van der Waals surface area (Å²) >= 11 is 7.27. The van der Waals surface area contributed by atoms with Crippen LogP contribution in [0.5, 0.6) is 5.75 Å². The number of allylic oxidation sites excluding steroid dienone is 1. The van der Waals surface area contributed by atoms with E-state index in [1.807, 2.05) is 43.3 Å². The number of methoxy groups -OCH3 is 2. The molecule has 164 valence electrons. The number of fused-ring (bicyclic) bond motifs is 1. The molecule has 1 atom stereocenters. The molecule has 3 aromatic rings. The normalized spacial score (nSPS) is 15.9. The number of esters is 1. The number of hydrogen-bond acceptors (Lipinski definition) is 6. The van der Waals surface area contributed by atoms with Crippen molar-refractivity contribution in [3.63, 3.8) is 0 Å². The van der Waals surface area contributed by atoms with Gasteiger partial charge in [-0.25, -0.2) is 9.79 Å². The first-order valence-electron chi connectivity index (χ1n) is 9.99. The number of benzene rings is 2. The molecule has 0 saturated heterocycles. The Bertz CT molecular complexity index is 1390. The minimum absolute atomic E-state index is 0.229. The summed E-state index contributed by atoms with van der Waals surface area (Å²) in [4.78, 5) is 31.5. The summed E-state index contributed by atoms with van der Waals surface area (Å²) in [5.74, 6) is 0.121. The molecule has 2 heterocycles. The third kappa shape index (κ3) is 4.01. The summed E-state index contributed by atoms with van der Waals surface area (Å²) in [6.07, 6.45) is 2.32. The van der Waals surface area contributed by atoms with Crippen LogP contribution in [0.2, 0.25) is 5.02 Å². The number of thiazole rings is 1. The molecule has 0 spiro atoms. The summed E-state index contributed by atoms with van der Waals surface area (Å²) in [7, 11) is 2.90. The molecule has 0 unspecified atom stereocenters. The predicted molar refractivity (Wildman–Crippen MR) is 125 cm³/mol. The second-order valence-corrected chi connectivity index (χ2v) is 8.56. The highest BCUT2D eigenvalue weighted by Gasteiger charge is 2.34. The number of ether oxygens (including phenoxy) is 2. The molecule has 1 aliphatic rings. The van der Waals surface area contributed by atoms with Gasteiger partial charge in [0.1, 0.15) is 5.75 Å². The van der Waals surface area contributed by atoms with Crippen molar-refractivity contribution >= 4 is 35.0 Å². The third-order valence-electron chi connectivity index (χ3n) is 5.23. The Balaban J connectivity index is 2.00. The maximum absolute atomic E-state index is 13.5. The van der Waals surface area contributed by atoms with Crippen molar-refractivity contribution < 1.29 is 14.3 Å². The lowest BCUT2D eigenvalue weighted by Gasteiger charge is -2.25. The topological polar surface area (TPSA) is 69.9 Å². The van der Waals surface area contributed by atoms with Crippen LogP contribution in [0.1, 0.15) is 30.5 Å². The molecule has 0 bridgehead atoms. The van der Waals surface area contributed by atoms with Crippen LogP contribution in [-0.4, -0.2) is 24.8 Å². The molecule has 0 saturated carbocycles. The van der Waals surface area contributed by atoms with E-state index in [1.165, 1.54) is 18.4 Å². The second-order valence-electron chi connectivity index (χ2n) is 7.12. The Hall–Kier alpha value is -3.16. The van der Waals surface area contributed by atoms with Gasteiger partial charge in [-0.15, -0.1) is 0 Å². The SMILES string of the molecule is CCC1=C(C(=O)OC)[C@H](c2cccc(OC)c2)n2c(s/c(=C\c3ccc(Cl)cc3)c2=O)=N1. The van der Waals surface area contributed by atoms with E-state index in [2.05, 4.69) is 4.99 Å². The molecule has 32 heavy (non-hydrogen) atoms. The van der Waals surface area contributed by atoms with Gasteiger partial charge >= 0.3 is 5.97 Å². The smallest absolute Gasteiger partial charge is 0.338 e. The van der Waals surface area contributed by atoms with E-state index in [1.54, 1.807) is 29.9 Å². The average Bonchev–Trinajstić information content (AvgIpc) is 3.13. The number of hydrogen-bond donors (Lipinski definition) is 0. The van der Waals surface area contributed by atoms with Gasteiger partial charge in [-0.2, -0.15) is 0 Å². The Morgan fingerprint density at radius 3 is 2.62 bits per heavy atom. The van der Waals surface area contributed by atoms with E-state index in [9.17, 15) is 9.59 Å². The summed E-state index contributed by atoms with van der Waals surface area (Å²) in [5, 5.41) is 0.622. The molecule has 4 rings (SSSR count). The molecule has 0 N–H and O–H groups in total.